The quantitative estimate of drug-likeness (QED) is 0.807. The number of piperazine rings is 1. The van der Waals surface area contributed by atoms with Crippen LogP contribution in [0.4, 0.5) is 0 Å². The highest BCUT2D eigenvalue weighted by molar-refractivity contribution is 5.76. The predicted molar refractivity (Wildman–Crippen MR) is 72.6 cm³/mol. The third kappa shape index (κ3) is 2.93. The van der Waals surface area contributed by atoms with Crippen LogP contribution < -0.4 is 0 Å². The Balaban J connectivity index is 1.85. The molecule has 1 amide bonds. The minimum absolute atomic E-state index is 0.288. The topological polar surface area (TPSA) is 28.5 Å². The van der Waals surface area contributed by atoms with Crippen molar-refractivity contribution in [3.63, 3.8) is 0 Å². The summed E-state index contributed by atoms with van der Waals surface area (Å²) in [6.07, 6.45) is 0.611. The number of carbonyl (C=O) groups is 1. The Labute approximate surface area is 109 Å². The van der Waals surface area contributed by atoms with Gasteiger partial charge in [0.25, 0.3) is 0 Å². The molecule has 0 bridgehead atoms. The monoisotopic (exact) mass is 249 g/mol. The van der Waals surface area contributed by atoms with Crippen molar-refractivity contribution in [1.82, 2.24) is 14.4 Å². The van der Waals surface area contributed by atoms with Crippen LogP contribution in [0.1, 0.15) is 17.8 Å². The van der Waals surface area contributed by atoms with Gasteiger partial charge in [0.15, 0.2) is 0 Å². The number of nitrogens with zero attached hydrogens (tertiary/aromatic N) is 3. The molecule has 4 nitrogen and oxygen atoms in total. The second-order valence-electron chi connectivity index (χ2n) is 5.20. The van der Waals surface area contributed by atoms with Gasteiger partial charge in [-0.25, -0.2) is 0 Å². The summed E-state index contributed by atoms with van der Waals surface area (Å²) in [5.74, 6) is 0.288. The summed E-state index contributed by atoms with van der Waals surface area (Å²) in [5, 5.41) is 0. The largest absolute Gasteiger partial charge is 0.349 e. The summed E-state index contributed by atoms with van der Waals surface area (Å²) in [6, 6.07) is 4.21. The lowest BCUT2D eigenvalue weighted by Gasteiger charge is -2.32. The highest BCUT2D eigenvalue weighted by Crippen LogP contribution is 2.09. The Kier molecular flexibility index (Phi) is 4.07. The van der Waals surface area contributed by atoms with Crippen LogP contribution in [0.15, 0.2) is 12.1 Å². The zero-order chi connectivity index (χ0) is 13.1. The average molecular weight is 249 g/mol. The molecule has 1 fully saturated rings. The van der Waals surface area contributed by atoms with Crippen molar-refractivity contribution in [3.8, 4) is 0 Å². The lowest BCUT2D eigenvalue weighted by Crippen LogP contribution is -2.47. The van der Waals surface area contributed by atoms with Gasteiger partial charge in [-0.1, -0.05) is 0 Å². The van der Waals surface area contributed by atoms with Crippen LogP contribution in [0.5, 0.6) is 0 Å². The minimum Gasteiger partial charge on any atom is -0.349 e. The fourth-order valence-electron chi connectivity index (χ4n) is 2.47. The maximum Gasteiger partial charge on any atom is 0.224 e. The van der Waals surface area contributed by atoms with Gasteiger partial charge < -0.3 is 14.4 Å². The van der Waals surface area contributed by atoms with E-state index in [-0.39, 0.29) is 5.91 Å². The van der Waals surface area contributed by atoms with Gasteiger partial charge in [0.2, 0.25) is 5.91 Å². The first-order valence-electron chi connectivity index (χ1n) is 6.67. The summed E-state index contributed by atoms with van der Waals surface area (Å²) >= 11 is 0. The van der Waals surface area contributed by atoms with Crippen molar-refractivity contribution in [2.45, 2.75) is 26.8 Å². The zero-order valence-corrected chi connectivity index (χ0v) is 11.6. The van der Waals surface area contributed by atoms with E-state index in [2.05, 4.69) is 42.5 Å². The zero-order valence-electron chi connectivity index (χ0n) is 11.6. The van der Waals surface area contributed by atoms with Crippen LogP contribution in [0.25, 0.3) is 0 Å². The summed E-state index contributed by atoms with van der Waals surface area (Å²) < 4.78 is 2.22. The number of carbonyl (C=O) groups excluding carboxylic acids is 1. The van der Waals surface area contributed by atoms with Gasteiger partial charge in [0.05, 0.1) is 0 Å². The number of likely N-dealkylation sites (N-methyl/N-ethyl adjacent to an activating group) is 1. The van der Waals surface area contributed by atoms with E-state index in [4.69, 9.17) is 0 Å². The lowest BCUT2D eigenvalue weighted by molar-refractivity contribution is -0.133. The summed E-state index contributed by atoms with van der Waals surface area (Å²) in [5.41, 5.74) is 2.47. The van der Waals surface area contributed by atoms with Gasteiger partial charge in [0, 0.05) is 50.5 Å². The third-order valence-corrected chi connectivity index (χ3v) is 3.82. The van der Waals surface area contributed by atoms with Crippen molar-refractivity contribution >= 4 is 5.91 Å². The second-order valence-corrected chi connectivity index (χ2v) is 5.20. The standard InChI is InChI=1S/C14H23N3O/c1-12-4-5-13(2)17(12)7-6-14(18)16-10-8-15(3)9-11-16/h4-5H,6-11H2,1-3H3. The predicted octanol–water partition coefficient (Wildman–Crippen LogP) is 1.27. The molecule has 0 saturated carbocycles. The van der Waals surface area contributed by atoms with Crippen LogP contribution in [0.3, 0.4) is 0 Å². The van der Waals surface area contributed by atoms with E-state index < -0.39 is 0 Å². The summed E-state index contributed by atoms with van der Waals surface area (Å²) in [4.78, 5) is 16.4. The van der Waals surface area contributed by atoms with Crippen LogP contribution in [0, 0.1) is 13.8 Å². The highest BCUT2D eigenvalue weighted by Gasteiger charge is 2.18. The second kappa shape index (κ2) is 5.57. The van der Waals surface area contributed by atoms with E-state index >= 15 is 0 Å². The van der Waals surface area contributed by atoms with Gasteiger partial charge >= 0.3 is 0 Å². The van der Waals surface area contributed by atoms with E-state index in [1.165, 1.54) is 11.4 Å². The molecule has 0 radical (unpaired) electrons. The molecule has 1 aliphatic heterocycles. The Morgan fingerprint density at radius 3 is 2.22 bits per heavy atom. The van der Waals surface area contributed by atoms with E-state index in [9.17, 15) is 4.79 Å². The molecule has 1 aliphatic rings. The van der Waals surface area contributed by atoms with Crippen molar-refractivity contribution in [2.75, 3.05) is 33.2 Å². The molecule has 18 heavy (non-hydrogen) atoms. The maximum absolute atomic E-state index is 12.1. The number of hydrogen-bond acceptors (Lipinski definition) is 2. The van der Waals surface area contributed by atoms with E-state index in [0.29, 0.717) is 6.42 Å². The highest BCUT2D eigenvalue weighted by atomic mass is 16.2. The van der Waals surface area contributed by atoms with E-state index in [1.807, 2.05) is 4.90 Å². The molecule has 100 valence electrons. The van der Waals surface area contributed by atoms with Gasteiger partial charge in [-0.15, -0.1) is 0 Å². The number of hydrogen-bond donors (Lipinski definition) is 0. The summed E-state index contributed by atoms with van der Waals surface area (Å²) in [6.45, 7) is 8.72. The summed E-state index contributed by atoms with van der Waals surface area (Å²) in [7, 11) is 2.11. The van der Waals surface area contributed by atoms with E-state index in [0.717, 1.165) is 32.7 Å². The number of aryl methyl sites for hydroxylation is 2. The lowest BCUT2D eigenvalue weighted by atomic mass is 10.3. The normalized spacial score (nSPS) is 17.2. The van der Waals surface area contributed by atoms with Crippen LogP contribution in [-0.2, 0) is 11.3 Å². The fourth-order valence-corrected chi connectivity index (χ4v) is 2.47. The first-order valence-corrected chi connectivity index (χ1v) is 6.67. The van der Waals surface area contributed by atoms with Crippen molar-refractivity contribution in [1.29, 1.82) is 0 Å². The molecule has 0 atom stereocenters. The van der Waals surface area contributed by atoms with Crippen molar-refractivity contribution in [3.05, 3.63) is 23.5 Å². The first kappa shape index (κ1) is 13.1. The molecule has 1 saturated heterocycles. The Morgan fingerprint density at radius 1 is 1.11 bits per heavy atom. The molecule has 0 aromatic carbocycles. The SMILES string of the molecule is Cc1ccc(C)n1CCC(=O)N1CCN(C)CC1. The number of amides is 1. The number of rotatable bonds is 3. The molecule has 0 spiro atoms. The molecular formula is C14H23N3O. The van der Waals surface area contributed by atoms with Crippen LogP contribution in [0.2, 0.25) is 0 Å². The molecular weight excluding hydrogens is 226 g/mol. The molecule has 2 heterocycles. The van der Waals surface area contributed by atoms with Crippen molar-refractivity contribution < 1.29 is 4.79 Å². The van der Waals surface area contributed by atoms with E-state index in [1.54, 1.807) is 0 Å². The first-order chi connectivity index (χ1) is 8.58. The molecule has 0 unspecified atom stereocenters. The maximum atomic E-state index is 12.1. The van der Waals surface area contributed by atoms with Gasteiger partial charge in [0.1, 0.15) is 0 Å². The average Bonchev–Trinajstić information content (AvgIpc) is 2.67. The van der Waals surface area contributed by atoms with Gasteiger partial charge in [-0.3, -0.25) is 4.79 Å². The molecule has 4 heteroatoms. The fraction of sp³-hybridized carbons (Fsp3) is 0.643. The van der Waals surface area contributed by atoms with Gasteiger partial charge in [-0.2, -0.15) is 0 Å². The molecule has 1 aromatic heterocycles. The Bertz CT molecular complexity index is 397. The molecule has 0 N–H and O–H groups in total. The van der Waals surface area contributed by atoms with Crippen molar-refractivity contribution in [2.24, 2.45) is 0 Å². The minimum atomic E-state index is 0.288. The molecule has 1 aromatic rings. The van der Waals surface area contributed by atoms with Crippen LogP contribution in [-0.4, -0.2) is 53.5 Å². The molecule has 2 rings (SSSR count). The third-order valence-electron chi connectivity index (χ3n) is 3.82. The number of aromatic nitrogens is 1. The molecule has 0 aliphatic carbocycles. The smallest absolute Gasteiger partial charge is 0.224 e. The van der Waals surface area contributed by atoms with Gasteiger partial charge in [-0.05, 0) is 33.0 Å². The Morgan fingerprint density at radius 2 is 1.67 bits per heavy atom. The van der Waals surface area contributed by atoms with Crippen LogP contribution >= 0.6 is 0 Å². The Hall–Kier alpha value is -1.29.